The Morgan fingerprint density at radius 1 is 1.59 bits per heavy atom. The maximum absolute atomic E-state index is 12.0. The Labute approximate surface area is 104 Å². The van der Waals surface area contributed by atoms with Crippen molar-refractivity contribution >= 4 is 22.4 Å². The van der Waals surface area contributed by atoms with Crippen LogP contribution in [0.2, 0.25) is 0 Å². The molecule has 2 bridgehead atoms. The molecule has 2 fully saturated rings. The van der Waals surface area contributed by atoms with Gasteiger partial charge in [-0.15, -0.1) is 0 Å². The SMILES string of the molecule is CNc1ncc(C(=O)NC2CN3CC[C@H]2C3)s1. The highest BCUT2D eigenvalue weighted by molar-refractivity contribution is 7.17. The molecule has 17 heavy (non-hydrogen) atoms. The van der Waals surface area contributed by atoms with Crippen molar-refractivity contribution in [3.05, 3.63) is 11.1 Å². The van der Waals surface area contributed by atoms with Crippen molar-refractivity contribution in [2.45, 2.75) is 12.5 Å². The van der Waals surface area contributed by atoms with Crippen molar-refractivity contribution < 1.29 is 4.79 Å². The Hall–Kier alpha value is -1.14. The predicted molar refractivity (Wildman–Crippen MR) is 67.5 cm³/mol. The molecular weight excluding hydrogens is 236 g/mol. The monoisotopic (exact) mass is 252 g/mol. The second kappa shape index (κ2) is 4.27. The van der Waals surface area contributed by atoms with Gasteiger partial charge in [0.05, 0.1) is 6.20 Å². The van der Waals surface area contributed by atoms with Crippen molar-refractivity contribution in [3.63, 3.8) is 0 Å². The van der Waals surface area contributed by atoms with Crippen LogP contribution < -0.4 is 10.6 Å². The number of aromatic nitrogens is 1. The fraction of sp³-hybridized carbons (Fsp3) is 0.636. The van der Waals surface area contributed by atoms with E-state index in [1.807, 2.05) is 7.05 Å². The summed E-state index contributed by atoms with van der Waals surface area (Å²) in [6.45, 7) is 3.35. The largest absolute Gasteiger partial charge is 0.365 e. The average Bonchev–Trinajstić information content (AvgIpc) is 3.04. The lowest BCUT2D eigenvalue weighted by Gasteiger charge is -2.22. The Balaban J connectivity index is 1.63. The van der Waals surface area contributed by atoms with Gasteiger partial charge in [-0.2, -0.15) is 0 Å². The molecule has 3 atom stereocenters. The van der Waals surface area contributed by atoms with Gasteiger partial charge in [-0.1, -0.05) is 11.3 Å². The van der Waals surface area contributed by atoms with Crippen LogP contribution in [0.4, 0.5) is 5.13 Å². The van der Waals surface area contributed by atoms with Gasteiger partial charge < -0.3 is 15.5 Å². The minimum absolute atomic E-state index is 0.0164. The Morgan fingerprint density at radius 3 is 3.06 bits per heavy atom. The van der Waals surface area contributed by atoms with Gasteiger partial charge in [0.1, 0.15) is 4.88 Å². The summed E-state index contributed by atoms with van der Waals surface area (Å²) >= 11 is 1.40. The molecule has 2 aliphatic rings. The number of hydrogen-bond donors (Lipinski definition) is 2. The van der Waals surface area contributed by atoms with Gasteiger partial charge in [0.15, 0.2) is 5.13 Å². The summed E-state index contributed by atoms with van der Waals surface area (Å²) in [6, 6.07) is 0.330. The van der Waals surface area contributed by atoms with E-state index in [1.54, 1.807) is 6.20 Å². The molecule has 2 unspecified atom stereocenters. The zero-order valence-electron chi connectivity index (χ0n) is 9.77. The van der Waals surface area contributed by atoms with Crippen LogP contribution in [0, 0.1) is 5.92 Å². The number of carbonyl (C=O) groups is 1. The van der Waals surface area contributed by atoms with Crippen molar-refractivity contribution in [1.82, 2.24) is 15.2 Å². The van der Waals surface area contributed by atoms with Crippen LogP contribution in [-0.4, -0.2) is 48.5 Å². The first-order valence-corrected chi connectivity index (χ1v) is 6.74. The number of nitrogens with one attached hydrogen (secondary N) is 2. The summed E-state index contributed by atoms with van der Waals surface area (Å²) in [5.74, 6) is 0.665. The number of fused-ring (bicyclic) bond motifs is 2. The predicted octanol–water partition coefficient (Wildman–Crippen LogP) is 0.619. The molecule has 0 aliphatic carbocycles. The highest BCUT2D eigenvalue weighted by Gasteiger charge is 2.38. The summed E-state index contributed by atoms with van der Waals surface area (Å²) < 4.78 is 0. The summed E-state index contributed by atoms with van der Waals surface area (Å²) in [4.78, 5) is 19.2. The lowest BCUT2D eigenvalue weighted by atomic mass is 10.00. The van der Waals surface area contributed by atoms with Crippen molar-refractivity contribution in [2.75, 3.05) is 32.0 Å². The number of anilines is 1. The van der Waals surface area contributed by atoms with E-state index in [9.17, 15) is 4.79 Å². The number of amides is 1. The van der Waals surface area contributed by atoms with Gasteiger partial charge in [-0.3, -0.25) is 4.79 Å². The number of nitrogens with zero attached hydrogens (tertiary/aromatic N) is 2. The van der Waals surface area contributed by atoms with Crippen LogP contribution in [-0.2, 0) is 0 Å². The molecule has 2 saturated heterocycles. The minimum Gasteiger partial charge on any atom is -0.365 e. The number of thiazole rings is 1. The molecule has 1 aromatic rings. The van der Waals surface area contributed by atoms with E-state index in [4.69, 9.17) is 0 Å². The van der Waals surface area contributed by atoms with Gasteiger partial charge in [0, 0.05) is 26.2 Å². The first kappa shape index (κ1) is 11.0. The highest BCUT2D eigenvalue weighted by atomic mass is 32.1. The topological polar surface area (TPSA) is 57.3 Å². The lowest BCUT2D eigenvalue weighted by molar-refractivity contribution is 0.0928. The van der Waals surface area contributed by atoms with E-state index in [1.165, 1.54) is 24.3 Å². The molecule has 2 N–H and O–H groups in total. The molecule has 1 amide bonds. The lowest BCUT2D eigenvalue weighted by Crippen LogP contribution is -2.42. The van der Waals surface area contributed by atoms with E-state index in [0.29, 0.717) is 16.8 Å². The van der Waals surface area contributed by atoms with Gasteiger partial charge in [-0.25, -0.2) is 4.98 Å². The quantitative estimate of drug-likeness (QED) is 0.828. The zero-order valence-corrected chi connectivity index (χ0v) is 10.6. The first-order chi connectivity index (χ1) is 8.26. The van der Waals surface area contributed by atoms with Crippen molar-refractivity contribution in [1.29, 1.82) is 0 Å². The molecular formula is C11H16N4OS. The van der Waals surface area contributed by atoms with Crippen LogP contribution in [0.1, 0.15) is 16.1 Å². The number of hydrogen-bond acceptors (Lipinski definition) is 5. The van der Waals surface area contributed by atoms with Crippen molar-refractivity contribution in [3.8, 4) is 0 Å². The fourth-order valence-corrected chi connectivity index (χ4v) is 3.35. The van der Waals surface area contributed by atoms with E-state index >= 15 is 0 Å². The molecule has 6 heteroatoms. The van der Waals surface area contributed by atoms with Gasteiger partial charge >= 0.3 is 0 Å². The second-order valence-corrected chi connectivity index (χ2v) is 5.70. The minimum atomic E-state index is 0.0164. The summed E-state index contributed by atoms with van der Waals surface area (Å²) in [6.07, 6.45) is 2.86. The van der Waals surface area contributed by atoms with Gasteiger partial charge in [0.2, 0.25) is 0 Å². The molecule has 0 spiro atoms. The third-order valence-electron chi connectivity index (χ3n) is 3.59. The fourth-order valence-electron chi connectivity index (χ4n) is 2.68. The highest BCUT2D eigenvalue weighted by Crippen LogP contribution is 2.28. The molecule has 2 aliphatic heterocycles. The third-order valence-corrected chi connectivity index (χ3v) is 4.61. The standard InChI is InChI=1S/C11H16N4OS/c1-12-11-13-4-9(17-11)10(16)14-8-6-15-3-2-7(8)5-15/h4,7-8H,2-3,5-6H2,1H3,(H,12,13)(H,14,16)/t7-,8?/m0/s1. The Morgan fingerprint density at radius 2 is 2.47 bits per heavy atom. The van der Waals surface area contributed by atoms with E-state index < -0.39 is 0 Å². The maximum atomic E-state index is 12.0. The normalized spacial score (nSPS) is 30.5. The number of rotatable bonds is 3. The van der Waals surface area contributed by atoms with E-state index in [2.05, 4.69) is 20.5 Å². The molecule has 92 valence electrons. The first-order valence-electron chi connectivity index (χ1n) is 5.93. The van der Waals surface area contributed by atoms with E-state index in [-0.39, 0.29) is 5.91 Å². The van der Waals surface area contributed by atoms with Crippen LogP contribution >= 0.6 is 11.3 Å². The van der Waals surface area contributed by atoms with Crippen LogP contribution in [0.25, 0.3) is 0 Å². The average molecular weight is 252 g/mol. The van der Waals surface area contributed by atoms with Crippen LogP contribution in [0.15, 0.2) is 6.20 Å². The van der Waals surface area contributed by atoms with Crippen molar-refractivity contribution in [2.24, 2.45) is 5.92 Å². The summed E-state index contributed by atoms with van der Waals surface area (Å²) in [5.41, 5.74) is 0. The summed E-state index contributed by atoms with van der Waals surface area (Å²) in [7, 11) is 1.81. The molecule has 0 saturated carbocycles. The van der Waals surface area contributed by atoms with Crippen LogP contribution in [0.5, 0.6) is 0 Å². The van der Waals surface area contributed by atoms with Gasteiger partial charge in [0.25, 0.3) is 5.91 Å². The smallest absolute Gasteiger partial charge is 0.263 e. The van der Waals surface area contributed by atoms with Crippen LogP contribution in [0.3, 0.4) is 0 Å². The van der Waals surface area contributed by atoms with E-state index in [0.717, 1.165) is 18.2 Å². The number of carbonyl (C=O) groups excluding carboxylic acids is 1. The Bertz CT molecular complexity index is 433. The van der Waals surface area contributed by atoms with Gasteiger partial charge in [-0.05, 0) is 18.9 Å². The second-order valence-electron chi connectivity index (χ2n) is 4.67. The number of piperidine rings is 1. The summed E-state index contributed by atoms with van der Waals surface area (Å²) in [5, 5.41) is 6.85. The molecule has 0 radical (unpaired) electrons. The third kappa shape index (κ3) is 2.02. The maximum Gasteiger partial charge on any atom is 0.263 e. The molecule has 3 rings (SSSR count). The molecule has 1 aromatic heterocycles. The molecule has 3 heterocycles. The Kier molecular flexibility index (Phi) is 2.76. The molecule has 5 nitrogen and oxygen atoms in total. The zero-order chi connectivity index (χ0) is 11.8. The molecule has 0 aromatic carbocycles.